The second-order valence-corrected chi connectivity index (χ2v) is 4.02. The molecule has 0 radical (unpaired) electrons. The summed E-state index contributed by atoms with van der Waals surface area (Å²) in [6, 6.07) is 1.37. The van der Waals surface area contributed by atoms with E-state index in [9.17, 15) is 9.59 Å². The van der Waals surface area contributed by atoms with Crippen molar-refractivity contribution in [1.29, 1.82) is 0 Å². The van der Waals surface area contributed by atoms with Gasteiger partial charge in [0.2, 0.25) is 0 Å². The molecule has 14 heavy (non-hydrogen) atoms. The van der Waals surface area contributed by atoms with Crippen LogP contribution in [0.2, 0.25) is 0 Å². The predicted molar refractivity (Wildman–Crippen MR) is 50.0 cm³/mol. The molecule has 0 unspecified atom stereocenters. The third-order valence-electron chi connectivity index (χ3n) is 1.69. The van der Waals surface area contributed by atoms with Crippen molar-refractivity contribution in [2.75, 3.05) is 0 Å². The average Bonchev–Trinajstić information content (AvgIpc) is 1.78. The van der Waals surface area contributed by atoms with Crippen LogP contribution in [0.25, 0.3) is 0 Å². The Morgan fingerprint density at radius 3 is 2.14 bits per heavy atom. The van der Waals surface area contributed by atoms with Crippen LogP contribution in [0.1, 0.15) is 26.5 Å². The molecule has 1 heterocycles. The van der Waals surface area contributed by atoms with Gasteiger partial charge >= 0.3 is 29.6 Å². The zero-order chi connectivity index (χ0) is 10.2. The maximum atomic E-state index is 11.4. The number of nitrogens with zero attached hydrogens (tertiary/aromatic N) is 2. The number of hydrogen-bond acceptors (Lipinski definition) is 2. The molecule has 0 aliphatic carbocycles. The molecule has 1 rings (SSSR count). The number of aryl methyl sites for hydroxylation is 1. The minimum absolute atomic E-state index is 0. The Hall–Kier alpha value is -0.320. The van der Waals surface area contributed by atoms with E-state index in [-0.39, 0.29) is 35.1 Å². The molecule has 0 spiro atoms. The summed E-state index contributed by atoms with van der Waals surface area (Å²) >= 11 is 0. The van der Waals surface area contributed by atoms with Gasteiger partial charge in [0, 0.05) is 0 Å². The van der Waals surface area contributed by atoms with Gasteiger partial charge in [0.05, 0.1) is 0 Å². The second-order valence-electron chi connectivity index (χ2n) is 4.02. The molecule has 0 aromatic carbocycles. The van der Waals surface area contributed by atoms with Crippen molar-refractivity contribution in [1.82, 2.24) is 9.55 Å². The fourth-order valence-corrected chi connectivity index (χ4v) is 1.19. The third-order valence-corrected chi connectivity index (χ3v) is 1.69. The van der Waals surface area contributed by atoms with Crippen molar-refractivity contribution in [3.8, 4) is 0 Å². The van der Waals surface area contributed by atoms with Gasteiger partial charge in [-0.2, -0.15) is 0 Å². The standard InChI is InChI=1S/C9H14N2O2.Na/c1-6-5-7(12)11(8(13)10-6)9(2,3)4;/h5H,1-4H3,(H,10,12,13);/q;+1/p-1. The predicted octanol–water partition coefficient (Wildman–Crippen LogP) is -2.77. The smallest absolute Gasteiger partial charge is 0.404 e. The van der Waals surface area contributed by atoms with E-state index >= 15 is 0 Å². The first-order valence-electron chi connectivity index (χ1n) is 4.10. The zero-order valence-electron chi connectivity index (χ0n) is 9.29. The molecule has 5 heteroatoms. The van der Waals surface area contributed by atoms with Gasteiger partial charge in [0.15, 0.2) is 11.2 Å². The molecular formula is C9H13N2NaO2. The van der Waals surface area contributed by atoms with Gasteiger partial charge in [-0.1, -0.05) is 26.5 Å². The quantitative estimate of drug-likeness (QED) is 0.430. The molecule has 0 N–H and O–H groups in total. The molecule has 1 aromatic heterocycles. The molecule has 0 saturated carbocycles. The third kappa shape index (κ3) is 2.83. The van der Waals surface area contributed by atoms with Crippen LogP contribution in [0.3, 0.4) is 0 Å². The first-order chi connectivity index (χ1) is 5.82. The Balaban J connectivity index is 0.00000169. The van der Waals surface area contributed by atoms with Crippen molar-refractivity contribution >= 4 is 0 Å². The van der Waals surface area contributed by atoms with E-state index in [1.54, 1.807) is 27.7 Å². The van der Waals surface area contributed by atoms with Gasteiger partial charge in [-0.3, -0.25) is 9.59 Å². The molecule has 0 bridgehead atoms. The van der Waals surface area contributed by atoms with Gasteiger partial charge < -0.3 is 9.55 Å². The Bertz CT molecular complexity index is 394. The largest absolute Gasteiger partial charge is 1.00 e. The van der Waals surface area contributed by atoms with Crippen LogP contribution in [0.4, 0.5) is 0 Å². The van der Waals surface area contributed by atoms with Crippen LogP contribution in [0, 0.1) is 6.92 Å². The van der Waals surface area contributed by atoms with Crippen LogP contribution in [0.5, 0.6) is 0 Å². The summed E-state index contributed by atoms with van der Waals surface area (Å²) in [7, 11) is 0. The second kappa shape index (κ2) is 4.47. The average molecular weight is 204 g/mol. The Morgan fingerprint density at radius 2 is 1.79 bits per heavy atom. The molecule has 0 atom stereocenters. The minimum atomic E-state index is -0.505. The first-order valence-corrected chi connectivity index (χ1v) is 4.10. The van der Waals surface area contributed by atoms with Crippen LogP contribution < -0.4 is 45.8 Å². The fraction of sp³-hybridized carbons (Fsp3) is 0.556. The van der Waals surface area contributed by atoms with E-state index in [2.05, 4.69) is 4.98 Å². The summed E-state index contributed by atoms with van der Waals surface area (Å²) in [5, 5.41) is 0. The molecule has 0 aliphatic heterocycles. The van der Waals surface area contributed by atoms with Gasteiger partial charge in [-0.25, -0.2) is 0 Å². The Morgan fingerprint density at radius 1 is 1.29 bits per heavy atom. The molecular weight excluding hydrogens is 191 g/mol. The van der Waals surface area contributed by atoms with Crippen molar-refractivity contribution in [3.63, 3.8) is 0 Å². The van der Waals surface area contributed by atoms with Gasteiger partial charge in [-0.05, 0) is 18.5 Å². The van der Waals surface area contributed by atoms with Crippen molar-refractivity contribution in [2.45, 2.75) is 33.2 Å². The fourth-order valence-electron chi connectivity index (χ4n) is 1.19. The maximum absolute atomic E-state index is 11.4. The van der Waals surface area contributed by atoms with E-state index in [4.69, 9.17) is 0 Å². The number of rotatable bonds is 0. The van der Waals surface area contributed by atoms with E-state index in [1.165, 1.54) is 6.07 Å². The van der Waals surface area contributed by atoms with E-state index in [0.717, 1.165) is 4.57 Å². The maximum Gasteiger partial charge on any atom is 1.00 e. The Labute approximate surface area is 105 Å². The van der Waals surface area contributed by atoms with E-state index in [1.807, 2.05) is 0 Å². The van der Waals surface area contributed by atoms with Gasteiger partial charge in [0.1, 0.15) is 0 Å². The summed E-state index contributed by atoms with van der Waals surface area (Å²) in [6.45, 7) is 7.03. The molecule has 0 amide bonds. The number of aromatic nitrogens is 2. The van der Waals surface area contributed by atoms with Crippen molar-refractivity contribution < 1.29 is 29.6 Å². The zero-order valence-corrected chi connectivity index (χ0v) is 11.3. The summed E-state index contributed by atoms with van der Waals surface area (Å²) in [6.07, 6.45) is 0. The molecule has 1 aromatic rings. The van der Waals surface area contributed by atoms with E-state index < -0.39 is 11.2 Å². The van der Waals surface area contributed by atoms with Crippen LogP contribution in [-0.2, 0) is 5.54 Å². The van der Waals surface area contributed by atoms with Crippen LogP contribution in [0.15, 0.2) is 15.7 Å². The van der Waals surface area contributed by atoms with E-state index in [0.29, 0.717) is 5.69 Å². The Kier molecular flexibility index (Phi) is 4.36. The van der Waals surface area contributed by atoms with Crippen molar-refractivity contribution in [2.24, 2.45) is 0 Å². The monoisotopic (exact) mass is 204 g/mol. The molecule has 0 aliphatic rings. The first kappa shape index (κ1) is 13.7. The summed E-state index contributed by atoms with van der Waals surface area (Å²) in [5.74, 6) is 0. The summed E-state index contributed by atoms with van der Waals surface area (Å²) in [5.41, 5.74) is -0.799. The van der Waals surface area contributed by atoms with Gasteiger partial charge in [-0.15, -0.1) is 0 Å². The molecule has 4 nitrogen and oxygen atoms in total. The van der Waals surface area contributed by atoms with Crippen LogP contribution >= 0.6 is 0 Å². The molecule has 0 saturated heterocycles. The van der Waals surface area contributed by atoms with Crippen molar-refractivity contribution in [3.05, 3.63) is 32.6 Å². The minimum Gasteiger partial charge on any atom is -0.404 e. The molecule has 72 valence electrons. The summed E-state index contributed by atoms with van der Waals surface area (Å²) in [4.78, 5) is 26.5. The normalized spacial score (nSPS) is 10.9. The van der Waals surface area contributed by atoms with Crippen LogP contribution in [-0.4, -0.2) is 4.57 Å². The SMILES string of the molecule is Cc1cc(=O)n(C(C)(C)C)c(=O)[n-]1.[Na+]. The summed E-state index contributed by atoms with van der Waals surface area (Å²) < 4.78 is 1.15. The number of hydrogen-bond donors (Lipinski definition) is 0. The topological polar surface area (TPSA) is 53.2 Å². The molecule has 0 fully saturated rings. The van der Waals surface area contributed by atoms with Gasteiger partial charge in [0.25, 0.3) is 0 Å².